The normalized spacial score (nSPS) is 18.6. The molecule has 1 aromatic heterocycles. The fraction of sp³-hybridized carbons (Fsp3) is 0.692. The summed E-state index contributed by atoms with van der Waals surface area (Å²) in [5.74, 6) is 6.97. The van der Waals surface area contributed by atoms with E-state index in [1.807, 2.05) is 0 Å². The molecular weight excluding hydrogens is 228 g/mol. The molecular formula is C13H22N4O. The highest BCUT2D eigenvalue weighted by Gasteiger charge is 2.23. The first-order valence-corrected chi connectivity index (χ1v) is 6.66. The summed E-state index contributed by atoms with van der Waals surface area (Å²) in [5, 5.41) is 0. The number of rotatable bonds is 5. The number of hydrogen-bond acceptors (Lipinski definition) is 5. The molecule has 0 spiro atoms. The van der Waals surface area contributed by atoms with Crippen LogP contribution in [0.15, 0.2) is 12.4 Å². The number of methoxy groups -OCH3 is 1. The Morgan fingerprint density at radius 2 is 2.06 bits per heavy atom. The highest BCUT2D eigenvalue weighted by atomic mass is 16.5. The summed E-state index contributed by atoms with van der Waals surface area (Å²) in [5.41, 5.74) is 3.67. The monoisotopic (exact) mass is 250 g/mol. The van der Waals surface area contributed by atoms with Crippen molar-refractivity contribution in [1.29, 1.82) is 0 Å². The number of aromatic nitrogens is 2. The summed E-state index contributed by atoms with van der Waals surface area (Å²) < 4.78 is 5.25. The van der Waals surface area contributed by atoms with Gasteiger partial charge in [-0.05, 0) is 12.3 Å². The second-order valence-electron chi connectivity index (χ2n) is 4.91. The Morgan fingerprint density at radius 3 is 2.72 bits per heavy atom. The van der Waals surface area contributed by atoms with E-state index in [0.717, 1.165) is 18.0 Å². The van der Waals surface area contributed by atoms with E-state index in [2.05, 4.69) is 15.4 Å². The van der Waals surface area contributed by atoms with Gasteiger partial charge in [-0.1, -0.05) is 32.1 Å². The topological polar surface area (TPSA) is 73.1 Å². The Morgan fingerprint density at radius 1 is 1.33 bits per heavy atom. The molecule has 1 heterocycles. The van der Waals surface area contributed by atoms with Crippen LogP contribution in [0.1, 0.15) is 50.3 Å². The zero-order valence-corrected chi connectivity index (χ0v) is 10.9. The van der Waals surface area contributed by atoms with Gasteiger partial charge in [-0.15, -0.1) is 0 Å². The Bertz CT molecular complexity index is 366. The largest absolute Gasteiger partial charge is 0.480 e. The lowest BCUT2D eigenvalue weighted by atomic mass is 9.84. The van der Waals surface area contributed by atoms with Gasteiger partial charge in [-0.25, -0.2) is 4.98 Å². The van der Waals surface area contributed by atoms with Crippen molar-refractivity contribution in [1.82, 2.24) is 15.4 Å². The number of nitrogens with two attached hydrogens (primary N) is 1. The van der Waals surface area contributed by atoms with Crippen LogP contribution in [0.2, 0.25) is 0 Å². The number of nitrogens with zero attached hydrogens (tertiary/aromatic N) is 2. The summed E-state index contributed by atoms with van der Waals surface area (Å²) in [4.78, 5) is 8.54. The van der Waals surface area contributed by atoms with Gasteiger partial charge in [-0.2, -0.15) is 0 Å². The van der Waals surface area contributed by atoms with Crippen LogP contribution in [0.5, 0.6) is 5.88 Å². The number of hydrazine groups is 1. The first-order chi connectivity index (χ1) is 8.85. The van der Waals surface area contributed by atoms with Crippen LogP contribution in [-0.2, 0) is 0 Å². The molecule has 2 rings (SSSR count). The number of nitrogens with one attached hydrogen (secondary N) is 1. The maximum atomic E-state index is 5.67. The van der Waals surface area contributed by atoms with Crippen LogP contribution in [0.4, 0.5) is 0 Å². The van der Waals surface area contributed by atoms with Gasteiger partial charge in [0.05, 0.1) is 13.2 Å². The van der Waals surface area contributed by atoms with Crippen LogP contribution < -0.4 is 16.0 Å². The molecule has 1 unspecified atom stereocenters. The molecule has 0 bridgehead atoms. The summed E-state index contributed by atoms with van der Waals surface area (Å²) in [6, 6.07) is 0.0248. The van der Waals surface area contributed by atoms with Crippen molar-refractivity contribution in [2.75, 3.05) is 7.11 Å². The van der Waals surface area contributed by atoms with Crippen LogP contribution in [0.3, 0.4) is 0 Å². The lowest BCUT2D eigenvalue weighted by molar-refractivity contribution is 0.291. The molecule has 1 saturated carbocycles. The average Bonchev–Trinajstić information content (AvgIpc) is 2.46. The third kappa shape index (κ3) is 3.17. The summed E-state index contributed by atoms with van der Waals surface area (Å²) >= 11 is 0. The highest BCUT2D eigenvalue weighted by molar-refractivity contribution is 5.21. The molecule has 0 radical (unpaired) electrons. The Balaban J connectivity index is 2.07. The molecule has 5 nitrogen and oxygen atoms in total. The fourth-order valence-electron chi connectivity index (χ4n) is 2.75. The summed E-state index contributed by atoms with van der Waals surface area (Å²) in [7, 11) is 1.61. The van der Waals surface area contributed by atoms with E-state index >= 15 is 0 Å². The van der Waals surface area contributed by atoms with Crippen molar-refractivity contribution in [2.24, 2.45) is 11.8 Å². The van der Waals surface area contributed by atoms with E-state index in [9.17, 15) is 0 Å². The second-order valence-corrected chi connectivity index (χ2v) is 4.91. The van der Waals surface area contributed by atoms with E-state index in [4.69, 9.17) is 10.6 Å². The molecule has 0 saturated heterocycles. The second kappa shape index (κ2) is 6.66. The van der Waals surface area contributed by atoms with Gasteiger partial charge < -0.3 is 4.74 Å². The number of ether oxygens (including phenoxy) is 1. The minimum Gasteiger partial charge on any atom is -0.480 e. The van der Waals surface area contributed by atoms with Crippen molar-refractivity contribution < 1.29 is 4.74 Å². The van der Waals surface area contributed by atoms with E-state index in [1.165, 1.54) is 32.1 Å². The molecule has 3 N–H and O–H groups in total. The van der Waals surface area contributed by atoms with Gasteiger partial charge in [-0.3, -0.25) is 16.3 Å². The van der Waals surface area contributed by atoms with Gasteiger partial charge >= 0.3 is 0 Å². The van der Waals surface area contributed by atoms with Gasteiger partial charge in [0.25, 0.3) is 0 Å². The van der Waals surface area contributed by atoms with Gasteiger partial charge in [0.15, 0.2) is 0 Å². The SMILES string of the molecule is COc1nccnc1C(CC1CCCCC1)NN. The summed E-state index contributed by atoms with van der Waals surface area (Å²) in [6.45, 7) is 0. The predicted octanol–water partition coefficient (Wildman–Crippen LogP) is 1.96. The van der Waals surface area contributed by atoms with E-state index in [0.29, 0.717) is 5.88 Å². The molecule has 1 fully saturated rings. The molecule has 1 atom stereocenters. The lowest BCUT2D eigenvalue weighted by Crippen LogP contribution is -2.31. The third-order valence-corrected chi connectivity index (χ3v) is 3.71. The molecule has 1 aliphatic rings. The van der Waals surface area contributed by atoms with Crippen LogP contribution in [-0.4, -0.2) is 17.1 Å². The Labute approximate surface area is 108 Å². The third-order valence-electron chi connectivity index (χ3n) is 3.71. The quantitative estimate of drug-likeness (QED) is 0.617. The maximum absolute atomic E-state index is 5.67. The Hall–Kier alpha value is -1.20. The van der Waals surface area contributed by atoms with Crippen molar-refractivity contribution in [3.05, 3.63) is 18.1 Å². The minimum atomic E-state index is 0.0248. The molecule has 1 aromatic rings. The van der Waals surface area contributed by atoms with Crippen LogP contribution in [0, 0.1) is 5.92 Å². The van der Waals surface area contributed by atoms with Gasteiger partial charge in [0, 0.05) is 12.4 Å². The zero-order valence-electron chi connectivity index (χ0n) is 10.9. The van der Waals surface area contributed by atoms with Crippen molar-refractivity contribution >= 4 is 0 Å². The lowest BCUT2D eigenvalue weighted by Gasteiger charge is -2.26. The van der Waals surface area contributed by atoms with Crippen LogP contribution in [0.25, 0.3) is 0 Å². The zero-order chi connectivity index (χ0) is 12.8. The van der Waals surface area contributed by atoms with Crippen LogP contribution >= 0.6 is 0 Å². The van der Waals surface area contributed by atoms with Gasteiger partial charge in [0.2, 0.25) is 5.88 Å². The van der Waals surface area contributed by atoms with Crippen molar-refractivity contribution in [2.45, 2.75) is 44.6 Å². The fourth-order valence-corrected chi connectivity index (χ4v) is 2.75. The molecule has 5 heteroatoms. The first-order valence-electron chi connectivity index (χ1n) is 6.66. The van der Waals surface area contributed by atoms with E-state index in [1.54, 1.807) is 19.5 Å². The van der Waals surface area contributed by atoms with Gasteiger partial charge in [0.1, 0.15) is 5.69 Å². The smallest absolute Gasteiger partial charge is 0.237 e. The molecule has 0 aliphatic heterocycles. The number of hydrogen-bond donors (Lipinski definition) is 2. The maximum Gasteiger partial charge on any atom is 0.237 e. The summed E-state index contributed by atoms with van der Waals surface area (Å²) in [6.07, 6.45) is 10.9. The minimum absolute atomic E-state index is 0.0248. The van der Waals surface area contributed by atoms with Crippen molar-refractivity contribution in [3.63, 3.8) is 0 Å². The van der Waals surface area contributed by atoms with Crippen molar-refractivity contribution in [3.8, 4) is 5.88 Å². The predicted molar refractivity (Wildman–Crippen MR) is 69.8 cm³/mol. The molecule has 0 aromatic carbocycles. The first kappa shape index (κ1) is 13.2. The standard InChI is InChI=1S/C13H22N4O/c1-18-13-12(15-7-8-16-13)11(17-14)9-10-5-3-2-4-6-10/h7-8,10-11,17H,2-6,9,14H2,1H3. The van der Waals surface area contributed by atoms with E-state index < -0.39 is 0 Å². The molecule has 18 heavy (non-hydrogen) atoms. The highest BCUT2D eigenvalue weighted by Crippen LogP contribution is 2.32. The molecule has 100 valence electrons. The average molecular weight is 250 g/mol. The van der Waals surface area contributed by atoms with E-state index in [-0.39, 0.29) is 6.04 Å². The Kier molecular flexibility index (Phi) is 4.90. The molecule has 0 amide bonds. The molecule has 1 aliphatic carbocycles.